The van der Waals surface area contributed by atoms with Crippen molar-refractivity contribution in [1.29, 1.82) is 0 Å². The molecule has 0 amide bonds. The molecule has 0 bridgehead atoms. The van der Waals surface area contributed by atoms with Crippen LogP contribution >= 0.6 is 0 Å². The Morgan fingerprint density at radius 3 is 1.67 bits per heavy atom. The molecule has 0 heterocycles. The minimum absolute atomic E-state index is 0.197. The van der Waals surface area contributed by atoms with E-state index in [1.165, 1.54) is 16.7 Å². The third-order valence-electron chi connectivity index (χ3n) is 5.90. The summed E-state index contributed by atoms with van der Waals surface area (Å²) in [5.41, 5.74) is 15.4. The van der Waals surface area contributed by atoms with Gasteiger partial charge in [-0.25, -0.2) is 0 Å². The van der Waals surface area contributed by atoms with Crippen LogP contribution in [0.3, 0.4) is 0 Å². The topological polar surface area (TPSA) is 92.2 Å². The molecule has 0 radical (unpaired) electrons. The van der Waals surface area contributed by atoms with Gasteiger partial charge in [0, 0.05) is 23.1 Å². The number of nitrogens with two attached hydrogens (primary N) is 2. The Hall–Kier alpha value is -2.20. The summed E-state index contributed by atoms with van der Waals surface area (Å²) in [7, 11) is 10.7. The predicted molar refractivity (Wildman–Crippen MR) is 145 cm³/mol. The highest BCUT2D eigenvalue weighted by Gasteiger charge is 2.26. The Kier molecular flexibility index (Phi) is 11.6. The second-order valence-corrected chi connectivity index (χ2v) is 10.8. The fraction of sp³-hybridized carbons (Fsp3) is 0.571. The lowest BCUT2D eigenvalue weighted by atomic mass is 9.77. The highest BCUT2D eigenvalue weighted by Crippen LogP contribution is 2.37. The lowest BCUT2D eigenvalue weighted by molar-refractivity contribution is -0.884. The minimum atomic E-state index is -0.219. The first-order valence-corrected chi connectivity index (χ1v) is 12.5. The van der Waals surface area contributed by atoms with Crippen LogP contribution in [0.4, 0.5) is 0 Å². The lowest BCUT2D eigenvalue weighted by Crippen LogP contribution is -2.33. The van der Waals surface area contributed by atoms with Crippen LogP contribution in [0.5, 0.6) is 11.5 Å². The Labute approximate surface area is 217 Å². The predicted octanol–water partition coefficient (Wildman–Crippen LogP) is 2.90. The molecule has 0 saturated heterocycles. The molecule has 0 saturated carbocycles. The molecule has 4 N–H and O–H groups in total. The van der Waals surface area contributed by atoms with Crippen molar-refractivity contribution in [3.05, 3.63) is 58.7 Å². The van der Waals surface area contributed by atoms with Crippen LogP contribution in [-0.4, -0.2) is 84.5 Å². The van der Waals surface area contributed by atoms with Crippen molar-refractivity contribution in [1.82, 2.24) is 4.90 Å². The summed E-state index contributed by atoms with van der Waals surface area (Å²) in [5, 5.41) is 0. The maximum Gasteiger partial charge on any atom is 0.128 e. The number of nitrogens with zero attached hydrogens (tertiary/aromatic N) is 2. The van der Waals surface area contributed by atoms with Crippen LogP contribution in [0.15, 0.2) is 36.4 Å². The van der Waals surface area contributed by atoms with Gasteiger partial charge in [-0.05, 0) is 49.5 Å². The van der Waals surface area contributed by atoms with Crippen molar-refractivity contribution in [2.45, 2.75) is 32.4 Å². The van der Waals surface area contributed by atoms with Gasteiger partial charge in [-0.1, -0.05) is 26.0 Å². The molecular weight excluding hydrogens is 456 g/mol. The molecule has 0 aliphatic heterocycles. The van der Waals surface area contributed by atoms with Crippen molar-refractivity contribution in [2.24, 2.45) is 11.5 Å². The van der Waals surface area contributed by atoms with Crippen LogP contribution in [0.2, 0.25) is 0 Å². The molecule has 8 heteroatoms. The van der Waals surface area contributed by atoms with Gasteiger partial charge in [0.1, 0.15) is 31.3 Å². The Morgan fingerprint density at radius 2 is 1.22 bits per heavy atom. The quantitative estimate of drug-likeness (QED) is 0.207. The van der Waals surface area contributed by atoms with Crippen LogP contribution in [0.1, 0.15) is 36.1 Å². The van der Waals surface area contributed by atoms with Gasteiger partial charge >= 0.3 is 0 Å². The number of hydrogen-bond donors (Lipinski definition) is 2. The normalized spacial score (nSPS) is 12.3. The van der Waals surface area contributed by atoms with Crippen molar-refractivity contribution in [2.75, 3.05) is 75.1 Å². The largest absolute Gasteiger partial charge is 0.491 e. The third-order valence-corrected chi connectivity index (χ3v) is 5.90. The number of ether oxygens (including phenoxy) is 4. The Balaban J connectivity index is 2.38. The van der Waals surface area contributed by atoms with Gasteiger partial charge in [0.05, 0.1) is 47.8 Å². The van der Waals surface area contributed by atoms with Gasteiger partial charge < -0.3 is 39.8 Å². The third kappa shape index (κ3) is 9.35. The molecule has 0 aliphatic rings. The van der Waals surface area contributed by atoms with Gasteiger partial charge in [0.2, 0.25) is 0 Å². The van der Waals surface area contributed by atoms with E-state index in [1.807, 2.05) is 0 Å². The maximum absolute atomic E-state index is 6.06. The van der Waals surface area contributed by atoms with Gasteiger partial charge in [0.25, 0.3) is 0 Å². The Bertz CT molecular complexity index is 942. The molecule has 0 spiro atoms. The summed E-state index contributed by atoms with van der Waals surface area (Å²) in [6, 6.07) is 13.0. The summed E-state index contributed by atoms with van der Waals surface area (Å²) in [6.45, 7) is 8.41. The zero-order valence-electron chi connectivity index (χ0n) is 23.3. The fourth-order valence-corrected chi connectivity index (χ4v) is 4.07. The molecule has 2 aromatic rings. The first-order chi connectivity index (χ1) is 17.0. The van der Waals surface area contributed by atoms with E-state index in [0.29, 0.717) is 26.4 Å². The molecule has 0 fully saturated rings. The summed E-state index contributed by atoms with van der Waals surface area (Å²) < 4.78 is 23.3. The van der Waals surface area contributed by atoms with E-state index in [4.69, 9.17) is 30.4 Å². The fourth-order valence-electron chi connectivity index (χ4n) is 4.07. The second kappa shape index (κ2) is 13.9. The molecule has 0 aromatic heterocycles. The summed E-state index contributed by atoms with van der Waals surface area (Å²) >= 11 is 0. The minimum Gasteiger partial charge on any atom is -0.491 e. The molecule has 0 aliphatic carbocycles. The van der Waals surface area contributed by atoms with E-state index in [9.17, 15) is 0 Å². The summed E-state index contributed by atoms with van der Waals surface area (Å²) in [4.78, 5) is 2.15. The van der Waals surface area contributed by atoms with Crippen LogP contribution in [0, 0.1) is 0 Å². The second-order valence-electron chi connectivity index (χ2n) is 10.8. The van der Waals surface area contributed by atoms with Gasteiger partial charge in [-0.15, -0.1) is 0 Å². The van der Waals surface area contributed by atoms with E-state index in [-0.39, 0.29) is 18.9 Å². The number of benzene rings is 2. The highest BCUT2D eigenvalue weighted by atomic mass is 16.5. The number of rotatable bonds is 16. The molecule has 202 valence electrons. The monoisotopic (exact) mass is 503 g/mol. The van der Waals surface area contributed by atoms with Crippen molar-refractivity contribution in [3.8, 4) is 11.5 Å². The molecule has 2 aromatic carbocycles. The summed E-state index contributed by atoms with van der Waals surface area (Å²) in [5.74, 6) is 1.76. The van der Waals surface area contributed by atoms with E-state index in [2.05, 4.69) is 90.4 Å². The number of hydrogen-bond acceptors (Lipinski definition) is 7. The average molecular weight is 504 g/mol. The Morgan fingerprint density at radius 1 is 0.750 bits per heavy atom. The zero-order valence-corrected chi connectivity index (χ0v) is 23.3. The number of quaternary nitrogens is 1. The van der Waals surface area contributed by atoms with Crippen LogP contribution in [0.25, 0.3) is 0 Å². The lowest BCUT2D eigenvalue weighted by Gasteiger charge is -2.30. The molecule has 0 atom stereocenters. The molecule has 0 unspecified atom stereocenters. The standard InChI is InChI=1S/C28H47N4O4/c1-28(2,24-8-10-26(35-14-12-33-20-29)22(16-24)18-31(3)4)25-9-11-27(36-15-13-34-21-30)23(17-25)19-32(5,6)7/h8-11,16-17H,12-15,18-21,29-30H2,1-7H3/q+1. The van der Waals surface area contributed by atoms with E-state index >= 15 is 0 Å². The maximum atomic E-state index is 6.06. The SMILES string of the molecule is CN(C)Cc1cc(C(C)(C)c2ccc(OCCOCN)c(C[N+](C)(C)C)c2)ccc1OCCOCN. The van der Waals surface area contributed by atoms with E-state index in [0.717, 1.165) is 34.6 Å². The van der Waals surface area contributed by atoms with E-state index in [1.54, 1.807) is 0 Å². The summed E-state index contributed by atoms with van der Waals surface area (Å²) in [6.07, 6.45) is 0. The van der Waals surface area contributed by atoms with Gasteiger partial charge in [0.15, 0.2) is 0 Å². The van der Waals surface area contributed by atoms with Crippen molar-refractivity contribution >= 4 is 0 Å². The van der Waals surface area contributed by atoms with Crippen LogP contribution in [-0.2, 0) is 28.0 Å². The van der Waals surface area contributed by atoms with Crippen LogP contribution < -0.4 is 20.9 Å². The molecule has 8 nitrogen and oxygen atoms in total. The smallest absolute Gasteiger partial charge is 0.128 e. The first kappa shape index (κ1) is 30.0. The zero-order chi connectivity index (χ0) is 26.8. The molecule has 36 heavy (non-hydrogen) atoms. The first-order valence-electron chi connectivity index (χ1n) is 12.5. The van der Waals surface area contributed by atoms with Crippen molar-refractivity contribution < 1.29 is 23.4 Å². The molecular formula is C28H47N4O4+. The van der Waals surface area contributed by atoms with Crippen molar-refractivity contribution in [3.63, 3.8) is 0 Å². The van der Waals surface area contributed by atoms with Gasteiger partial charge in [-0.2, -0.15) is 0 Å². The highest BCUT2D eigenvalue weighted by molar-refractivity contribution is 5.47. The molecule has 2 rings (SSSR count). The van der Waals surface area contributed by atoms with E-state index < -0.39 is 0 Å². The average Bonchev–Trinajstić information content (AvgIpc) is 2.79. The van der Waals surface area contributed by atoms with Gasteiger partial charge in [-0.3, -0.25) is 0 Å².